The first-order valence-corrected chi connectivity index (χ1v) is 7.70. The van der Waals surface area contributed by atoms with E-state index >= 15 is 0 Å². The van der Waals surface area contributed by atoms with Crippen molar-refractivity contribution in [2.24, 2.45) is 0 Å². The number of amides is 2. The summed E-state index contributed by atoms with van der Waals surface area (Å²) >= 11 is 0. The molecule has 0 heterocycles. The van der Waals surface area contributed by atoms with Gasteiger partial charge in [-0.3, -0.25) is 9.59 Å². The lowest BCUT2D eigenvalue weighted by Crippen LogP contribution is -2.43. The van der Waals surface area contributed by atoms with Crippen molar-refractivity contribution >= 4 is 17.5 Å². The van der Waals surface area contributed by atoms with E-state index in [1.807, 2.05) is 69.3 Å². The molecule has 0 saturated heterocycles. The van der Waals surface area contributed by atoms with Gasteiger partial charge in [0.2, 0.25) is 0 Å². The fraction of sp³-hybridized carbons (Fsp3) is 0.263. The highest BCUT2D eigenvalue weighted by Crippen LogP contribution is 2.12. The Labute approximate surface area is 137 Å². The summed E-state index contributed by atoms with van der Waals surface area (Å²) in [6, 6.07) is 17.0. The minimum absolute atomic E-state index is 0.0639. The van der Waals surface area contributed by atoms with Crippen molar-refractivity contribution in [1.82, 2.24) is 4.90 Å². The Kier molecular flexibility index (Phi) is 5.52. The zero-order chi connectivity index (χ0) is 16.8. The zero-order valence-corrected chi connectivity index (χ0v) is 13.7. The highest BCUT2D eigenvalue weighted by atomic mass is 16.2. The van der Waals surface area contributed by atoms with E-state index in [2.05, 4.69) is 5.32 Å². The summed E-state index contributed by atoms with van der Waals surface area (Å²) in [5, 5.41) is 2.67. The summed E-state index contributed by atoms with van der Waals surface area (Å²) in [5.41, 5.74) is 2.66. The normalized spacial score (nSPS) is 10.4. The molecule has 0 aromatic heterocycles. The molecule has 0 fully saturated rings. The SMILES string of the molecule is Cc1cccc(NC(=O)C(=O)N(Cc2ccccc2)C(C)C)c1. The summed E-state index contributed by atoms with van der Waals surface area (Å²) in [7, 11) is 0. The van der Waals surface area contributed by atoms with Gasteiger partial charge in [0.1, 0.15) is 0 Å². The number of aryl methyl sites for hydroxylation is 1. The van der Waals surface area contributed by atoms with Crippen LogP contribution in [0.5, 0.6) is 0 Å². The average molecular weight is 310 g/mol. The molecule has 0 unspecified atom stereocenters. The minimum atomic E-state index is -0.611. The number of nitrogens with zero attached hydrogens (tertiary/aromatic N) is 1. The summed E-state index contributed by atoms with van der Waals surface area (Å²) in [5.74, 6) is -1.13. The van der Waals surface area contributed by atoms with Gasteiger partial charge in [0.05, 0.1) is 0 Å². The number of benzene rings is 2. The molecule has 0 saturated carbocycles. The lowest BCUT2D eigenvalue weighted by atomic mass is 10.2. The minimum Gasteiger partial charge on any atom is -0.328 e. The quantitative estimate of drug-likeness (QED) is 0.880. The van der Waals surface area contributed by atoms with Gasteiger partial charge in [-0.25, -0.2) is 0 Å². The second kappa shape index (κ2) is 7.58. The maximum absolute atomic E-state index is 12.5. The van der Waals surface area contributed by atoms with Crippen LogP contribution in [0.4, 0.5) is 5.69 Å². The van der Waals surface area contributed by atoms with Crippen LogP contribution in [-0.2, 0) is 16.1 Å². The molecule has 0 radical (unpaired) electrons. The second-order valence-electron chi connectivity index (χ2n) is 5.84. The Morgan fingerprint density at radius 1 is 1.04 bits per heavy atom. The fourth-order valence-corrected chi connectivity index (χ4v) is 2.31. The first kappa shape index (κ1) is 16.7. The molecule has 23 heavy (non-hydrogen) atoms. The maximum atomic E-state index is 12.5. The molecule has 0 aliphatic heterocycles. The molecule has 4 nitrogen and oxygen atoms in total. The summed E-state index contributed by atoms with van der Waals surface area (Å²) in [4.78, 5) is 26.3. The molecule has 120 valence electrons. The van der Waals surface area contributed by atoms with Crippen molar-refractivity contribution in [3.05, 3.63) is 65.7 Å². The van der Waals surface area contributed by atoms with Crippen molar-refractivity contribution < 1.29 is 9.59 Å². The Balaban J connectivity index is 2.09. The largest absolute Gasteiger partial charge is 0.328 e. The topological polar surface area (TPSA) is 49.4 Å². The maximum Gasteiger partial charge on any atom is 0.313 e. The smallest absolute Gasteiger partial charge is 0.313 e. The summed E-state index contributed by atoms with van der Waals surface area (Å²) in [6.45, 7) is 6.16. The molecule has 2 aromatic carbocycles. The predicted molar refractivity (Wildman–Crippen MR) is 91.9 cm³/mol. The number of hydrogen-bond donors (Lipinski definition) is 1. The van der Waals surface area contributed by atoms with Crippen LogP contribution in [-0.4, -0.2) is 22.8 Å². The van der Waals surface area contributed by atoms with Crippen LogP contribution in [0.15, 0.2) is 54.6 Å². The Morgan fingerprint density at radius 2 is 1.74 bits per heavy atom. The van der Waals surface area contributed by atoms with Gasteiger partial charge >= 0.3 is 11.8 Å². The number of carbonyl (C=O) groups is 2. The van der Waals surface area contributed by atoms with Gasteiger partial charge in [-0.2, -0.15) is 0 Å². The van der Waals surface area contributed by atoms with Gasteiger partial charge in [0.25, 0.3) is 0 Å². The first-order valence-electron chi connectivity index (χ1n) is 7.70. The lowest BCUT2D eigenvalue weighted by Gasteiger charge is -2.26. The molecule has 2 amide bonds. The molecule has 0 aliphatic carbocycles. The number of carbonyl (C=O) groups excluding carboxylic acids is 2. The van der Waals surface area contributed by atoms with Gasteiger partial charge in [0, 0.05) is 18.3 Å². The van der Waals surface area contributed by atoms with Crippen molar-refractivity contribution in [2.75, 3.05) is 5.32 Å². The van der Waals surface area contributed by atoms with Gasteiger partial charge in [-0.05, 0) is 44.0 Å². The van der Waals surface area contributed by atoms with E-state index in [1.165, 1.54) is 0 Å². The monoisotopic (exact) mass is 310 g/mol. The second-order valence-corrected chi connectivity index (χ2v) is 5.84. The average Bonchev–Trinajstić information content (AvgIpc) is 2.52. The van der Waals surface area contributed by atoms with Crippen LogP contribution in [0.3, 0.4) is 0 Å². The van der Waals surface area contributed by atoms with Crippen LogP contribution in [0.25, 0.3) is 0 Å². The van der Waals surface area contributed by atoms with Crippen molar-refractivity contribution in [2.45, 2.75) is 33.4 Å². The third-order valence-corrected chi connectivity index (χ3v) is 3.55. The molecule has 4 heteroatoms. The number of rotatable bonds is 4. The van der Waals surface area contributed by atoms with Crippen molar-refractivity contribution in [3.8, 4) is 0 Å². The summed E-state index contributed by atoms with van der Waals surface area (Å²) < 4.78 is 0. The Bertz CT molecular complexity index is 681. The fourth-order valence-electron chi connectivity index (χ4n) is 2.31. The summed E-state index contributed by atoms with van der Waals surface area (Å²) in [6.07, 6.45) is 0. The van der Waals surface area contributed by atoms with Gasteiger partial charge in [-0.1, -0.05) is 42.5 Å². The van der Waals surface area contributed by atoms with Crippen molar-refractivity contribution in [1.29, 1.82) is 0 Å². The molecule has 2 rings (SSSR count). The van der Waals surface area contributed by atoms with Crippen LogP contribution in [0, 0.1) is 6.92 Å². The number of anilines is 1. The first-order chi connectivity index (χ1) is 11.0. The number of nitrogens with one attached hydrogen (secondary N) is 1. The van der Waals surface area contributed by atoms with E-state index in [-0.39, 0.29) is 6.04 Å². The standard InChI is InChI=1S/C19H22N2O2/c1-14(2)21(13-16-9-5-4-6-10-16)19(23)18(22)20-17-11-7-8-15(3)12-17/h4-12,14H,13H2,1-3H3,(H,20,22). The van der Waals surface area contributed by atoms with Crippen LogP contribution in [0.1, 0.15) is 25.0 Å². The molecule has 0 spiro atoms. The highest BCUT2D eigenvalue weighted by molar-refractivity contribution is 6.39. The third-order valence-electron chi connectivity index (χ3n) is 3.55. The van der Waals surface area contributed by atoms with Gasteiger partial charge in [0.15, 0.2) is 0 Å². The number of hydrogen-bond acceptors (Lipinski definition) is 2. The van der Waals surface area contributed by atoms with Crippen molar-refractivity contribution in [3.63, 3.8) is 0 Å². The zero-order valence-electron chi connectivity index (χ0n) is 13.7. The van der Waals surface area contributed by atoms with Gasteiger partial charge in [-0.15, -0.1) is 0 Å². The Morgan fingerprint density at radius 3 is 2.35 bits per heavy atom. The van der Waals surface area contributed by atoms with Crippen LogP contribution >= 0.6 is 0 Å². The highest BCUT2D eigenvalue weighted by Gasteiger charge is 2.24. The Hall–Kier alpha value is -2.62. The van der Waals surface area contributed by atoms with E-state index in [0.29, 0.717) is 12.2 Å². The molecule has 1 N–H and O–H groups in total. The molecular formula is C19H22N2O2. The van der Waals surface area contributed by atoms with E-state index in [1.54, 1.807) is 11.0 Å². The third kappa shape index (κ3) is 4.68. The molecular weight excluding hydrogens is 288 g/mol. The van der Waals surface area contributed by atoms with E-state index < -0.39 is 11.8 Å². The van der Waals surface area contributed by atoms with Crippen LogP contribution < -0.4 is 5.32 Å². The molecule has 2 aromatic rings. The van der Waals surface area contributed by atoms with E-state index in [4.69, 9.17) is 0 Å². The lowest BCUT2D eigenvalue weighted by molar-refractivity contribution is -0.144. The van der Waals surface area contributed by atoms with Crippen LogP contribution in [0.2, 0.25) is 0 Å². The van der Waals surface area contributed by atoms with E-state index in [0.717, 1.165) is 11.1 Å². The molecule has 0 atom stereocenters. The molecule has 0 bridgehead atoms. The van der Waals surface area contributed by atoms with E-state index in [9.17, 15) is 9.59 Å². The molecule has 0 aliphatic rings. The predicted octanol–water partition coefficient (Wildman–Crippen LogP) is 3.37. The van der Waals surface area contributed by atoms with Gasteiger partial charge < -0.3 is 10.2 Å².